The predicted octanol–water partition coefficient (Wildman–Crippen LogP) is 2.40. The summed E-state index contributed by atoms with van der Waals surface area (Å²) in [7, 11) is 0. The number of rotatable bonds is 14. The Morgan fingerprint density at radius 2 is 1.00 bits per heavy atom. The van der Waals surface area contributed by atoms with Gasteiger partial charge < -0.3 is 0 Å². The van der Waals surface area contributed by atoms with E-state index in [-0.39, 0.29) is 112 Å². The molecule has 0 aliphatic rings. The van der Waals surface area contributed by atoms with Crippen LogP contribution in [0.2, 0.25) is 28.3 Å². The van der Waals surface area contributed by atoms with Crippen LogP contribution in [0.5, 0.6) is 0 Å². The van der Waals surface area contributed by atoms with Gasteiger partial charge in [-0.05, 0) is 0 Å². The molecule has 0 heterocycles. The van der Waals surface area contributed by atoms with Crippen molar-refractivity contribution in [2.24, 2.45) is 17.8 Å². The summed E-state index contributed by atoms with van der Waals surface area (Å²) in [6, 6.07) is 0. The second-order valence-electron chi connectivity index (χ2n) is 6.39. The van der Waals surface area contributed by atoms with E-state index in [1.165, 1.54) is 0 Å². The summed E-state index contributed by atoms with van der Waals surface area (Å²) < 4.78 is 18.7. The van der Waals surface area contributed by atoms with Crippen molar-refractivity contribution in [3.05, 3.63) is 0 Å². The second-order valence-corrected chi connectivity index (χ2v) is 14.2. The molecule has 3 atom stereocenters. The van der Waals surface area contributed by atoms with Crippen LogP contribution < -0.4 is 0 Å². The van der Waals surface area contributed by atoms with Crippen molar-refractivity contribution in [1.29, 1.82) is 0 Å². The average Bonchev–Trinajstić information content (AvgIpc) is 2.63. The molecule has 0 aliphatic carbocycles. The summed E-state index contributed by atoms with van der Waals surface area (Å²) in [6.07, 6.45) is -0.749. The fourth-order valence-electron chi connectivity index (χ4n) is 1.99. The molecule has 0 fully saturated rings. The van der Waals surface area contributed by atoms with Crippen molar-refractivity contribution >= 4 is 80.7 Å². The Balaban J connectivity index is 4.76. The number of hydrogen-bond acceptors (Lipinski definition) is 6. The van der Waals surface area contributed by atoms with Crippen molar-refractivity contribution < 1.29 is 28.6 Å². The summed E-state index contributed by atoms with van der Waals surface area (Å²) in [4.78, 5) is 42.7. The number of ether oxygens (including phenoxy) is 3. The van der Waals surface area contributed by atoms with Crippen molar-refractivity contribution in [2.75, 3.05) is 13.2 Å². The van der Waals surface area contributed by atoms with Crippen LogP contribution in [0.15, 0.2) is 0 Å². The molecule has 0 amide bonds. The molecule has 0 aromatic heterocycles. The summed E-state index contributed by atoms with van der Waals surface area (Å²) in [5.41, 5.74) is 0. The van der Waals surface area contributed by atoms with Crippen LogP contribution in [-0.4, -0.2) is 100.0 Å². The van der Waals surface area contributed by atoms with E-state index in [0.29, 0.717) is 0 Å². The van der Waals surface area contributed by atoms with Crippen molar-refractivity contribution in [3.8, 4) is 0 Å². The molecule has 0 spiro atoms. The zero-order chi connectivity index (χ0) is 20.8. The fourth-order valence-corrected chi connectivity index (χ4v) is 7.43. The minimum atomic E-state index is -0.749. The van der Waals surface area contributed by atoms with Gasteiger partial charge in [-0.15, -0.1) is 0 Å². The van der Waals surface area contributed by atoms with E-state index < -0.39 is 6.10 Å². The molecule has 3 unspecified atom stereocenters. The maximum atomic E-state index is 12.2. The minimum absolute atomic E-state index is 0.0711. The van der Waals surface area contributed by atoms with Gasteiger partial charge in [-0.2, -0.15) is 0 Å². The first-order valence-corrected chi connectivity index (χ1v) is 20.7. The summed E-state index contributed by atoms with van der Waals surface area (Å²) in [5.74, 6) is -1.35. The molecule has 0 aromatic rings. The number of esters is 3. The number of hydrogen-bond donors (Lipinski definition) is 0. The Morgan fingerprint density at radius 3 is 1.33 bits per heavy atom. The molecule has 6 nitrogen and oxygen atoms in total. The standard InChI is InChI=1S/C18H32O6Te3/c1-12(9-25-4)16(19)22-7-15(24-18(21)14(3)11-27-6)8-23-17(20)13(2)10-26-5/h12-15H,7-11H2,1-6H3. The van der Waals surface area contributed by atoms with Gasteiger partial charge in [0.05, 0.1) is 0 Å². The van der Waals surface area contributed by atoms with E-state index >= 15 is 0 Å². The van der Waals surface area contributed by atoms with Gasteiger partial charge in [0.1, 0.15) is 0 Å². The third kappa shape index (κ3) is 12.8. The topological polar surface area (TPSA) is 78.9 Å². The summed E-state index contributed by atoms with van der Waals surface area (Å²) in [6.45, 7) is 5.40. The van der Waals surface area contributed by atoms with Crippen molar-refractivity contribution in [1.82, 2.24) is 0 Å². The molecule has 0 aromatic carbocycles. The molecule has 27 heavy (non-hydrogen) atoms. The van der Waals surface area contributed by atoms with Crippen LogP contribution in [-0.2, 0) is 28.6 Å². The van der Waals surface area contributed by atoms with Crippen LogP contribution in [0.25, 0.3) is 0 Å². The molecule has 0 saturated carbocycles. The zero-order valence-electron chi connectivity index (χ0n) is 17.0. The molecule has 9 heteroatoms. The van der Waals surface area contributed by atoms with Gasteiger partial charge in [0.25, 0.3) is 0 Å². The average molecular weight is 727 g/mol. The van der Waals surface area contributed by atoms with Gasteiger partial charge >= 0.3 is 195 Å². The van der Waals surface area contributed by atoms with Gasteiger partial charge in [-0.25, -0.2) is 0 Å². The molecule has 0 radical (unpaired) electrons. The Bertz CT molecular complexity index is 432. The van der Waals surface area contributed by atoms with Gasteiger partial charge in [0, 0.05) is 0 Å². The Hall–Kier alpha value is 0.779. The van der Waals surface area contributed by atoms with Gasteiger partial charge in [0.15, 0.2) is 0 Å². The summed E-state index contributed by atoms with van der Waals surface area (Å²) in [5, 5.41) is 0. The third-order valence-electron chi connectivity index (χ3n) is 3.56. The van der Waals surface area contributed by atoms with Crippen molar-refractivity contribution in [3.63, 3.8) is 0 Å². The zero-order valence-corrected chi connectivity index (χ0v) is 24.0. The predicted molar refractivity (Wildman–Crippen MR) is 109 cm³/mol. The molecule has 0 bridgehead atoms. The first-order chi connectivity index (χ1) is 12.8. The molecular formula is C18H32O6Te3. The maximum absolute atomic E-state index is 12.2. The van der Waals surface area contributed by atoms with Crippen LogP contribution in [0.4, 0.5) is 0 Å². The van der Waals surface area contributed by atoms with Crippen LogP contribution in [0.3, 0.4) is 0 Å². The molecule has 0 aliphatic heterocycles. The number of carbonyl (C=O) groups excluding carboxylic acids is 3. The van der Waals surface area contributed by atoms with Gasteiger partial charge in [0.2, 0.25) is 0 Å². The van der Waals surface area contributed by atoms with Gasteiger partial charge in [-0.3, -0.25) is 0 Å². The van der Waals surface area contributed by atoms with E-state index in [1.54, 1.807) is 0 Å². The van der Waals surface area contributed by atoms with E-state index in [0.717, 1.165) is 13.4 Å². The fraction of sp³-hybridized carbons (Fsp3) is 0.833. The SMILES string of the molecule is C[Te]CC(C)C(=O)OCC(COC(=O)C(C)C[Te]C)OC(=O)C(C)C[Te]C. The first kappa shape index (κ1) is 27.8. The monoisotopic (exact) mass is 734 g/mol. The van der Waals surface area contributed by atoms with Crippen LogP contribution in [0.1, 0.15) is 20.8 Å². The third-order valence-corrected chi connectivity index (χ3v) is 10.7. The summed E-state index contributed by atoms with van der Waals surface area (Å²) >= 11 is -0.503. The Morgan fingerprint density at radius 1 is 0.667 bits per heavy atom. The second kappa shape index (κ2) is 16.6. The van der Waals surface area contributed by atoms with E-state index in [4.69, 9.17) is 14.2 Å². The number of carbonyl (C=O) groups is 3. The molecule has 0 saturated heterocycles. The Kier molecular flexibility index (Phi) is 17.0. The van der Waals surface area contributed by atoms with E-state index in [1.807, 2.05) is 20.8 Å². The molecule has 0 rings (SSSR count). The molecule has 158 valence electrons. The van der Waals surface area contributed by atoms with E-state index in [2.05, 4.69) is 14.9 Å². The first-order valence-electron chi connectivity index (χ1n) is 8.77. The quantitative estimate of drug-likeness (QED) is 0.156. The van der Waals surface area contributed by atoms with E-state index in [9.17, 15) is 14.4 Å². The van der Waals surface area contributed by atoms with Gasteiger partial charge in [-0.1, -0.05) is 0 Å². The molecule has 0 N–H and O–H groups in total. The Labute approximate surface area is 193 Å². The normalized spacial score (nSPS) is 15.3. The van der Waals surface area contributed by atoms with Crippen LogP contribution in [0, 0.1) is 17.8 Å². The van der Waals surface area contributed by atoms with Crippen molar-refractivity contribution in [2.45, 2.75) is 55.2 Å². The molecular weight excluding hydrogens is 695 g/mol. The van der Waals surface area contributed by atoms with Crippen LogP contribution >= 0.6 is 0 Å².